The molecule has 2 saturated heterocycles. The number of fused-ring (bicyclic) bond motifs is 1. The van der Waals surface area contributed by atoms with Crippen LogP contribution >= 0.6 is 0 Å². The minimum Gasteiger partial charge on any atom is -0.465 e. The van der Waals surface area contributed by atoms with Gasteiger partial charge in [0.1, 0.15) is 23.5 Å². The number of halogens is 2. The van der Waals surface area contributed by atoms with Crippen LogP contribution < -0.4 is 20.4 Å². The molecule has 2 fully saturated rings. The quantitative estimate of drug-likeness (QED) is 0.362. The first-order valence-corrected chi connectivity index (χ1v) is 13.9. The number of benzene rings is 1. The van der Waals surface area contributed by atoms with Crippen molar-refractivity contribution in [1.82, 2.24) is 29.9 Å². The summed E-state index contributed by atoms with van der Waals surface area (Å²) < 4.78 is 37.2. The summed E-state index contributed by atoms with van der Waals surface area (Å²) in [5.74, 6) is -2.32. The highest BCUT2D eigenvalue weighted by molar-refractivity contribution is 5.97. The van der Waals surface area contributed by atoms with Crippen LogP contribution in [0.4, 0.5) is 29.7 Å². The van der Waals surface area contributed by atoms with Crippen LogP contribution in [-0.4, -0.2) is 99.8 Å². The topological polar surface area (TPSA) is 162 Å². The number of imidazole rings is 1. The monoisotopic (exact) mass is 614 g/mol. The molecule has 3 N–H and O–H groups in total. The molecule has 5 rings (SSSR count). The van der Waals surface area contributed by atoms with Gasteiger partial charge in [0.2, 0.25) is 11.7 Å². The largest absolute Gasteiger partial charge is 0.465 e. The van der Waals surface area contributed by atoms with Crippen LogP contribution in [0, 0.1) is 17.0 Å². The predicted octanol–water partition coefficient (Wildman–Crippen LogP) is 2.09. The summed E-state index contributed by atoms with van der Waals surface area (Å²) in [5, 5.41) is 13.7. The van der Waals surface area contributed by atoms with Crippen LogP contribution in [0.1, 0.15) is 31.3 Å². The van der Waals surface area contributed by atoms with Gasteiger partial charge in [-0.05, 0) is 11.5 Å². The average molecular weight is 615 g/mol. The van der Waals surface area contributed by atoms with Gasteiger partial charge in [0.25, 0.3) is 5.91 Å². The van der Waals surface area contributed by atoms with E-state index in [0.717, 1.165) is 17.0 Å². The molecule has 0 aliphatic carbocycles. The molecule has 0 saturated carbocycles. The van der Waals surface area contributed by atoms with Crippen molar-refractivity contribution in [2.45, 2.75) is 32.9 Å². The van der Waals surface area contributed by atoms with Crippen molar-refractivity contribution in [1.29, 1.82) is 0 Å². The Hall–Kier alpha value is -5.02. The Labute approximate surface area is 250 Å². The zero-order chi connectivity index (χ0) is 31.8. The zero-order valence-corrected chi connectivity index (χ0v) is 24.3. The van der Waals surface area contributed by atoms with Gasteiger partial charge in [-0.25, -0.2) is 28.3 Å². The van der Waals surface area contributed by atoms with Crippen LogP contribution in [0.3, 0.4) is 0 Å². The number of cyclic esters (lactones) is 1. The normalized spacial score (nSPS) is 17.9. The van der Waals surface area contributed by atoms with Gasteiger partial charge in [-0.2, -0.15) is 0 Å². The third kappa shape index (κ3) is 6.33. The number of nitrogens with zero attached hydrogens (tertiary/aromatic N) is 6. The Bertz CT molecular complexity index is 1540. The summed E-state index contributed by atoms with van der Waals surface area (Å²) in [6.07, 6.45) is 1.83. The second-order valence-corrected chi connectivity index (χ2v) is 11.6. The number of amides is 4. The number of piperazine rings is 1. The van der Waals surface area contributed by atoms with Crippen molar-refractivity contribution >= 4 is 41.2 Å². The Morgan fingerprint density at radius 2 is 1.82 bits per heavy atom. The smallest absolute Gasteiger partial charge is 0.414 e. The fourth-order valence-corrected chi connectivity index (χ4v) is 5.18. The van der Waals surface area contributed by atoms with Crippen molar-refractivity contribution in [2.24, 2.45) is 5.41 Å². The number of rotatable bonds is 7. The summed E-state index contributed by atoms with van der Waals surface area (Å²) in [5.41, 5.74) is -0.904. The van der Waals surface area contributed by atoms with Gasteiger partial charge in [0.15, 0.2) is 11.6 Å². The number of hydrogen-bond acceptors (Lipinski definition) is 8. The maximum absolute atomic E-state index is 15.3. The number of anilines is 2. The lowest BCUT2D eigenvalue weighted by atomic mass is 9.85. The van der Waals surface area contributed by atoms with Gasteiger partial charge in [0.05, 0.1) is 18.8 Å². The molecule has 2 aromatic heterocycles. The zero-order valence-electron chi connectivity index (χ0n) is 24.3. The summed E-state index contributed by atoms with van der Waals surface area (Å²) in [6, 6.07) is 2.84. The Kier molecular flexibility index (Phi) is 8.25. The molecule has 4 heterocycles. The minimum atomic E-state index is -1.29. The predicted molar refractivity (Wildman–Crippen MR) is 152 cm³/mol. The standard InChI is InChI=1S/C28H32F2N8O6/c1-28(2,3)22(34-23(39)20-15-37-6-4-5-31-25(37)33-20)24(40)36-9-7-35(8-10-36)21-18(29)11-16(12-19(21)30)38-14-17(44-27(38)43)13-32-26(41)42/h4-6,11-12,15,17,22,32H,7-10,13-14H2,1-3H3,(H,34,39)(H,41,42)/t17-,22+/m0/s1. The first kappa shape index (κ1) is 30.4. The van der Waals surface area contributed by atoms with E-state index in [1.165, 1.54) is 11.1 Å². The summed E-state index contributed by atoms with van der Waals surface area (Å²) in [7, 11) is 0. The van der Waals surface area contributed by atoms with E-state index in [4.69, 9.17) is 9.84 Å². The second kappa shape index (κ2) is 11.9. The van der Waals surface area contributed by atoms with Crippen molar-refractivity contribution in [3.63, 3.8) is 0 Å². The molecule has 3 aromatic rings. The number of nitrogens with one attached hydrogen (secondary N) is 2. The van der Waals surface area contributed by atoms with Gasteiger partial charge < -0.3 is 30.3 Å². The number of carbonyl (C=O) groups excluding carboxylic acids is 3. The fraction of sp³-hybridized carbons (Fsp3) is 0.429. The molecule has 0 radical (unpaired) electrons. The molecular formula is C28H32F2N8O6. The molecule has 1 aromatic carbocycles. The van der Waals surface area contributed by atoms with Crippen LogP contribution in [-0.2, 0) is 9.53 Å². The SMILES string of the molecule is CC(C)(C)[C@H](NC(=O)c1cn2cccnc2n1)C(=O)N1CCN(c2c(F)cc(N3C[C@H](CNC(=O)O)OC3=O)cc2F)CC1. The van der Waals surface area contributed by atoms with Gasteiger partial charge in [0, 0.05) is 56.9 Å². The molecule has 2 aliphatic rings. The summed E-state index contributed by atoms with van der Waals surface area (Å²) in [6.45, 7) is 5.76. The Morgan fingerprint density at radius 3 is 2.43 bits per heavy atom. The van der Waals surface area contributed by atoms with E-state index in [1.54, 1.807) is 27.8 Å². The van der Waals surface area contributed by atoms with Crippen LogP contribution in [0.25, 0.3) is 5.78 Å². The van der Waals surface area contributed by atoms with E-state index < -0.39 is 47.3 Å². The Morgan fingerprint density at radius 1 is 1.14 bits per heavy atom. The van der Waals surface area contributed by atoms with Crippen molar-refractivity contribution in [3.05, 3.63) is 54.1 Å². The molecule has 44 heavy (non-hydrogen) atoms. The third-order valence-electron chi connectivity index (χ3n) is 7.43. The summed E-state index contributed by atoms with van der Waals surface area (Å²) in [4.78, 5) is 62.0. The highest BCUT2D eigenvalue weighted by Crippen LogP contribution is 2.32. The van der Waals surface area contributed by atoms with Crippen LogP contribution in [0.2, 0.25) is 0 Å². The molecular weight excluding hydrogens is 582 g/mol. The van der Waals surface area contributed by atoms with E-state index in [2.05, 4.69) is 20.6 Å². The first-order chi connectivity index (χ1) is 20.8. The summed E-state index contributed by atoms with van der Waals surface area (Å²) >= 11 is 0. The second-order valence-electron chi connectivity index (χ2n) is 11.6. The lowest BCUT2D eigenvalue weighted by Crippen LogP contribution is -2.58. The van der Waals surface area contributed by atoms with Gasteiger partial charge in [-0.3, -0.25) is 18.9 Å². The van der Waals surface area contributed by atoms with Crippen molar-refractivity contribution in [2.75, 3.05) is 49.1 Å². The van der Waals surface area contributed by atoms with Crippen LogP contribution in [0.15, 0.2) is 36.8 Å². The van der Waals surface area contributed by atoms with Gasteiger partial charge in [-0.15, -0.1) is 0 Å². The highest BCUT2D eigenvalue weighted by Gasteiger charge is 2.38. The number of ether oxygens (including phenoxy) is 1. The lowest BCUT2D eigenvalue weighted by Gasteiger charge is -2.40. The molecule has 0 unspecified atom stereocenters. The molecule has 2 atom stereocenters. The van der Waals surface area contributed by atoms with E-state index in [9.17, 15) is 19.2 Å². The van der Waals surface area contributed by atoms with E-state index >= 15 is 8.78 Å². The number of hydrogen-bond donors (Lipinski definition) is 3. The lowest BCUT2D eigenvalue weighted by molar-refractivity contribution is -0.136. The molecule has 234 valence electrons. The first-order valence-electron chi connectivity index (χ1n) is 13.9. The number of carbonyl (C=O) groups is 4. The maximum Gasteiger partial charge on any atom is 0.414 e. The Balaban J connectivity index is 1.24. The number of aromatic nitrogens is 3. The molecule has 0 bridgehead atoms. The van der Waals surface area contributed by atoms with Gasteiger partial charge >= 0.3 is 12.2 Å². The van der Waals surface area contributed by atoms with E-state index in [-0.39, 0.29) is 62.2 Å². The van der Waals surface area contributed by atoms with Crippen molar-refractivity contribution in [3.8, 4) is 0 Å². The van der Waals surface area contributed by atoms with Crippen molar-refractivity contribution < 1.29 is 37.8 Å². The van der Waals surface area contributed by atoms with E-state index in [0.29, 0.717) is 5.78 Å². The van der Waals surface area contributed by atoms with E-state index in [1.807, 2.05) is 20.8 Å². The molecule has 16 heteroatoms. The maximum atomic E-state index is 15.3. The van der Waals surface area contributed by atoms with Crippen LogP contribution in [0.5, 0.6) is 0 Å². The molecule has 4 amide bonds. The highest BCUT2D eigenvalue weighted by atomic mass is 19.1. The molecule has 2 aliphatic heterocycles. The third-order valence-corrected chi connectivity index (χ3v) is 7.43. The average Bonchev–Trinajstić information content (AvgIpc) is 3.57. The molecule has 14 nitrogen and oxygen atoms in total. The molecule has 0 spiro atoms. The fourth-order valence-electron chi connectivity index (χ4n) is 5.18. The minimum absolute atomic E-state index is 0.0643. The van der Waals surface area contributed by atoms with Gasteiger partial charge in [-0.1, -0.05) is 20.8 Å². The number of carboxylic acid groups (broad SMARTS) is 1.